The molecule has 4 heteroatoms. The lowest BCUT2D eigenvalue weighted by molar-refractivity contribution is 0.565. The third-order valence-electron chi connectivity index (χ3n) is 0.887. The van der Waals surface area contributed by atoms with E-state index in [1.807, 2.05) is 0 Å². The van der Waals surface area contributed by atoms with Gasteiger partial charge in [-0.1, -0.05) is 0 Å². The van der Waals surface area contributed by atoms with E-state index in [2.05, 4.69) is 25.9 Å². The Hall–Kier alpha value is -0.990. The van der Waals surface area contributed by atoms with Gasteiger partial charge in [-0.25, -0.2) is 9.78 Å². The molecule has 0 atom stereocenters. The maximum atomic E-state index is 9.73. The third-order valence-corrected chi connectivity index (χ3v) is 1.36. The summed E-state index contributed by atoms with van der Waals surface area (Å²) in [6.07, 6.45) is 2.90. The van der Waals surface area contributed by atoms with Gasteiger partial charge in [0.1, 0.15) is 4.60 Å². The van der Waals surface area contributed by atoms with E-state index >= 15 is 0 Å². The number of aromatic nitrogens is 1. The van der Waals surface area contributed by atoms with Gasteiger partial charge in [-0.15, -0.1) is 0 Å². The van der Waals surface area contributed by atoms with E-state index in [4.69, 9.17) is 0 Å². The van der Waals surface area contributed by atoms with Gasteiger partial charge in [0.25, 0.3) is 0 Å². The SMILES string of the molecule is O=C=Nc1ccc(Br)nc1. The molecule has 0 unspecified atom stereocenters. The monoisotopic (exact) mass is 198 g/mol. The third kappa shape index (κ3) is 1.76. The molecule has 1 aromatic rings. The Kier molecular flexibility index (Phi) is 2.31. The molecule has 3 nitrogen and oxygen atoms in total. The number of nitrogens with zero attached hydrogens (tertiary/aromatic N) is 2. The second-order valence-corrected chi connectivity index (χ2v) is 2.35. The fraction of sp³-hybridized carbons (Fsp3) is 0. The van der Waals surface area contributed by atoms with Gasteiger partial charge in [-0.3, -0.25) is 0 Å². The minimum atomic E-state index is 0.512. The van der Waals surface area contributed by atoms with Crippen molar-refractivity contribution < 1.29 is 4.79 Å². The summed E-state index contributed by atoms with van der Waals surface area (Å²) in [5.41, 5.74) is 0.512. The number of halogens is 1. The van der Waals surface area contributed by atoms with Crippen molar-refractivity contribution in [1.29, 1.82) is 0 Å². The molecule has 0 aliphatic carbocycles. The molecule has 0 radical (unpaired) electrons. The summed E-state index contributed by atoms with van der Waals surface area (Å²) in [7, 11) is 0. The van der Waals surface area contributed by atoms with E-state index in [-0.39, 0.29) is 0 Å². The number of isocyanates is 1. The minimum Gasteiger partial charge on any atom is -0.247 e. The molecule has 1 aromatic heterocycles. The first kappa shape index (κ1) is 7.12. The highest BCUT2D eigenvalue weighted by atomic mass is 79.9. The summed E-state index contributed by atoms with van der Waals surface area (Å²) in [4.78, 5) is 16.9. The fourth-order valence-electron chi connectivity index (χ4n) is 0.487. The van der Waals surface area contributed by atoms with Crippen molar-refractivity contribution in [2.45, 2.75) is 0 Å². The van der Waals surface area contributed by atoms with Gasteiger partial charge in [0.15, 0.2) is 0 Å². The van der Waals surface area contributed by atoms with Crippen molar-refractivity contribution in [3.63, 3.8) is 0 Å². The van der Waals surface area contributed by atoms with Gasteiger partial charge in [0.2, 0.25) is 6.08 Å². The van der Waals surface area contributed by atoms with E-state index in [0.717, 1.165) is 4.60 Å². The van der Waals surface area contributed by atoms with Crippen LogP contribution in [-0.4, -0.2) is 11.1 Å². The Labute approximate surface area is 65.9 Å². The number of pyridine rings is 1. The van der Waals surface area contributed by atoms with Crippen molar-refractivity contribution >= 4 is 27.7 Å². The lowest BCUT2D eigenvalue weighted by Crippen LogP contribution is -1.70. The van der Waals surface area contributed by atoms with Crippen LogP contribution in [-0.2, 0) is 4.79 Å². The molecule has 0 saturated heterocycles. The lowest BCUT2D eigenvalue weighted by atomic mass is 10.4. The summed E-state index contributed by atoms with van der Waals surface area (Å²) >= 11 is 3.15. The van der Waals surface area contributed by atoms with Gasteiger partial charge in [-0.05, 0) is 28.1 Å². The number of hydrogen-bond donors (Lipinski definition) is 0. The van der Waals surface area contributed by atoms with Crippen LogP contribution >= 0.6 is 15.9 Å². The average molecular weight is 199 g/mol. The Morgan fingerprint density at radius 2 is 2.40 bits per heavy atom. The molecule has 10 heavy (non-hydrogen) atoms. The molecular formula is C6H3BrN2O. The smallest absolute Gasteiger partial charge is 0.240 e. The Morgan fingerprint density at radius 3 is 2.90 bits per heavy atom. The van der Waals surface area contributed by atoms with E-state index < -0.39 is 0 Å². The van der Waals surface area contributed by atoms with E-state index in [9.17, 15) is 4.79 Å². The van der Waals surface area contributed by atoms with Gasteiger partial charge >= 0.3 is 0 Å². The highest BCUT2D eigenvalue weighted by Gasteiger charge is 1.87. The highest BCUT2D eigenvalue weighted by molar-refractivity contribution is 9.10. The predicted molar refractivity (Wildman–Crippen MR) is 39.7 cm³/mol. The molecule has 0 saturated carbocycles. The first-order valence-electron chi connectivity index (χ1n) is 2.52. The summed E-state index contributed by atoms with van der Waals surface area (Å²) in [6.45, 7) is 0. The molecule has 0 N–H and O–H groups in total. The molecule has 0 amide bonds. The van der Waals surface area contributed by atoms with Gasteiger partial charge in [0, 0.05) is 0 Å². The predicted octanol–water partition coefficient (Wildman–Crippen LogP) is 1.81. The Morgan fingerprint density at radius 1 is 1.60 bits per heavy atom. The molecule has 50 valence electrons. The van der Waals surface area contributed by atoms with Crippen molar-refractivity contribution in [3.8, 4) is 0 Å². The maximum absolute atomic E-state index is 9.73. The van der Waals surface area contributed by atoms with Crippen LogP contribution in [0.2, 0.25) is 0 Å². The standard InChI is InChI=1S/C6H3BrN2O/c7-6-2-1-5(3-8-6)9-4-10/h1-3H. The van der Waals surface area contributed by atoms with Crippen LogP contribution in [0.5, 0.6) is 0 Å². The summed E-state index contributed by atoms with van der Waals surface area (Å²) in [5.74, 6) is 0. The summed E-state index contributed by atoms with van der Waals surface area (Å²) in [6, 6.07) is 3.37. The normalized spacial score (nSPS) is 8.50. The molecule has 0 fully saturated rings. The van der Waals surface area contributed by atoms with Crippen molar-refractivity contribution in [2.24, 2.45) is 4.99 Å². The first-order chi connectivity index (χ1) is 4.83. The number of aliphatic imine (C=N–C) groups is 1. The second-order valence-electron chi connectivity index (χ2n) is 1.54. The second kappa shape index (κ2) is 3.25. The fourth-order valence-corrected chi connectivity index (χ4v) is 0.721. The topological polar surface area (TPSA) is 42.3 Å². The van der Waals surface area contributed by atoms with E-state index in [1.54, 1.807) is 12.1 Å². The zero-order valence-electron chi connectivity index (χ0n) is 4.91. The van der Waals surface area contributed by atoms with Crippen LogP contribution in [0.1, 0.15) is 0 Å². The highest BCUT2D eigenvalue weighted by Crippen LogP contribution is 2.11. The number of hydrogen-bond acceptors (Lipinski definition) is 3. The average Bonchev–Trinajstić information content (AvgIpc) is 1.95. The van der Waals surface area contributed by atoms with Crippen molar-refractivity contribution in [3.05, 3.63) is 22.9 Å². The Bertz CT molecular complexity index is 264. The van der Waals surface area contributed by atoms with Gasteiger partial charge < -0.3 is 0 Å². The van der Waals surface area contributed by atoms with Gasteiger partial charge in [-0.2, -0.15) is 4.99 Å². The zero-order valence-corrected chi connectivity index (χ0v) is 6.50. The molecule has 1 heterocycles. The first-order valence-corrected chi connectivity index (χ1v) is 3.31. The van der Waals surface area contributed by atoms with Crippen LogP contribution in [0, 0.1) is 0 Å². The van der Waals surface area contributed by atoms with E-state index in [0.29, 0.717) is 5.69 Å². The van der Waals surface area contributed by atoms with Crippen LogP contribution in [0.25, 0.3) is 0 Å². The Balaban J connectivity index is 3.00. The lowest BCUT2D eigenvalue weighted by Gasteiger charge is -1.87. The van der Waals surface area contributed by atoms with Crippen molar-refractivity contribution in [2.75, 3.05) is 0 Å². The molecule has 0 spiro atoms. The van der Waals surface area contributed by atoms with Crippen LogP contribution in [0.4, 0.5) is 5.69 Å². The molecule has 0 aliphatic heterocycles. The van der Waals surface area contributed by atoms with Gasteiger partial charge in [0.05, 0.1) is 11.9 Å². The number of rotatable bonds is 1. The zero-order chi connectivity index (χ0) is 7.40. The van der Waals surface area contributed by atoms with Crippen LogP contribution in [0.15, 0.2) is 27.9 Å². The quantitative estimate of drug-likeness (QED) is 0.393. The van der Waals surface area contributed by atoms with Crippen LogP contribution < -0.4 is 0 Å². The molecule has 1 rings (SSSR count). The molecular weight excluding hydrogens is 196 g/mol. The summed E-state index contributed by atoms with van der Waals surface area (Å²) < 4.78 is 0.720. The molecule has 0 bridgehead atoms. The molecule has 0 aromatic carbocycles. The minimum absolute atomic E-state index is 0.512. The largest absolute Gasteiger partial charge is 0.247 e. The van der Waals surface area contributed by atoms with Crippen LogP contribution in [0.3, 0.4) is 0 Å². The number of carbonyl (C=O) groups excluding carboxylic acids is 1. The summed E-state index contributed by atoms with van der Waals surface area (Å²) in [5, 5.41) is 0. The van der Waals surface area contributed by atoms with E-state index in [1.165, 1.54) is 12.3 Å². The molecule has 0 aliphatic rings. The maximum Gasteiger partial charge on any atom is 0.240 e. The van der Waals surface area contributed by atoms with Crippen molar-refractivity contribution in [1.82, 2.24) is 4.98 Å².